The molecule has 0 atom stereocenters. The average molecular weight is 396 g/mol. The van der Waals surface area contributed by atoms with Crippen LogP contribution >= 0.6 is 0 Å². The number of pyridine rings is 1. The molecule has 0 unspecified atom stereocenters. The van der Waals surface area contributed by atoms with E-state index < -0.39 is 5.82 Å². The van der Waals surface area contributed by atoms with Gasteiger partial charge in [0.15, 0.2) is 0 Å². The third-order valence-corrected chi connectivity index (χ3v) is 5.24. The van der Waals surface area contributed by atoms with Crippen LogP contribution in [0, 0.1) is 11.7 Å². The predicted molar refractivity (Wildman–Crippen MR) is 104 cm³/mol. The van der Waals surface area contributed by atoms with Gasteiger partial charge < -0.3 is 9.42 Å². The standard InChI is InChI=1S/C21H21FN4O3/c1-14-9-11-25(12-10-14)19(28)13-26-17(7-4-8-18(26)27)21-23-20(24-29-21)15-5-2-3-6-16(15)22/h2-8,14H,9-13H2,1H3. The number of likely N-dealkylation sites (tertiary alicyclic amines) is 1. The van der Waals surface area contributed by atoms with Gasteiger partial charge in [-0.2, -0.15) is 4.98 Å². The summed E-state index contributed by atoms with van der Waals surface area (Å²) in [5.41, 5.74) is 0.184. The summed E-state index contributed by atoms with van der Waals surface area (Å²) in [4.78, 5) is 31.2. The number of benzene rings is 1. The molecule has 29 heavy (non-hydrogen) atoms. The molecule has 0 N–H and O–H groups in total. The number of hydrogen-bond acceptors (Lipinski definition) is 5. The van der Waals surface area contributed by atoms with Crippen molar-refractivity contribution in [2.24, 2.45) is 5.92 Å². The van der Waals surface area contributed by atoms with Gasteiger partial charge in [0, 0.05) is 19.2 Å². The second-order valence-electron chi connectivity index (χ2n) is 7.30. The minimum atomic E-state index is -0.472. The molecule has 2 aromatic heterocycles. The summed E-state index contributed by atoms with van der Waals surface area (Å²) >= 11 is 0. The Labute approximate surface area is 166 Å². The van der Waals surface area contributed by atoms with Crippen LogP contribution < -0.4 is 5.56 Å². The van der Waals surface area contributed by atoms with E-state index in [-0.39, 0.29) is 35.3 Å². The number of piperidine rings is 1. The summed E-state index contributed by atoms with van der Waals surface area (Å²) in [7, 11) is 0. The third kappa shape index (κ3) is 3.96. The molecule has 3 heterocycles. The summed E-state index contributed by atoms with van der Waals surface area (Å²) in [6, 6.07) is 10.7. The van der Waals surface area contributed by atoms with Crippen LogP contribution in [-0.4, -0.2) is 38.6 Å². The molecule has 0 radical (unpaired) electrons. The van der Waals surface area contributed by atoms with Gasteiger partial charge in [0.25, 0.3) is 11.4 Å². The lowest BCUT2D eigenvalue weighted by Gasteiger charge is -2.30. The molecule has 1 aliphatic heterocycles. The summed E-state index contributed by atoms with van der Waals surface area (Å²) in [5.74, 6) is 0.141. The molecule has 0 saturated carbocycles. The summed E-state index contributed by atoms with van der Waals surface area (Å²) in [6.07, 6.45) is 1.91. The fourth-order valence-corrected chi connectivity index (χ4v) is 3.44. The van der Waals surface area contributed by atoms with E-state index in [4.69, 9.17) is 4.52 Å². The monoisotopic (exact) mass is 396 g/mol. The molecule has 8 heteroatoms. The maximum absolute atomic E-state index is 14.0. The molecule has 0 aliphatic carbocycles. The molecule has 1 aromatic carbocycles. The van der Waals surface area contributed by atoms with Gasteiger partial charge in [0.1, 0.15) is 18.1 Å². The van der Waals surface area contributed by atoms with Gasteiger partial charge >= 0.3 is 0 Å². The average Bonchev–Trinajstić information content (AvgIpc) is 3.20. The van der Waals surface area contributed by atoms with E-state index in [1.807, 2.05) is 0 Å². The van der Waals surface area contributed by atoms with Gasteiger partial charge in [0.05, 0.1) is 5.56 Å². The third-order valence-electron chi connectivity index (χ3n) is 5.24. The van der Waals surface area contributed by atoms with Crippen molar-refractivity contribution in [3.05, 3.63) is 58.6 Å². The molecular formula is C21H21FN4O3. The number of aromatic nitrogens is 3. The molecule has 3 aromatic rings. The number of rotatable bonds is 4. The first-order chi connectivity index (χ1) is 14.0. The Morgan fingerprint density at radius 3 is 2.69 bits per heavy atom. The summed E-state index contributed by atoms with van der Waals surface area (Å²) in [6.45, 7) is 3.44. The highest BCUT2D eigenvalue weighted by molar-refractivity contribution is 5.76. The molecule has 1 amide bonds. The fraction of sp³-hybridized carbons (Fsp3) is 0.333. The number of carbonyl (C=O) groups is 1. The maximum atomic E-state index is 14.0. The first-order valence-corrected chi connectivity index (χ1v) is 9.59. The van der Waals surface area contributed by atoms with Crippen LogP contribution in [0.1, 0.15) is 19.8 Å². The lowest BCUT2D eigenvalue weighted by molar-refractivity contribution is -0.133. The molecule has 7 nitrogen and oxygen atoms in total. The van der Waals surface area contributed by atoms with Crippen molar-refractivity contribution in [1.29, 1.82) is 0 Å². The Morgan fingerprint density at radius 2 is 1.93 bits per heavy atom. The van der Waals surface area contributed by atoms with Crippen molar-refractivity contribution in [3.63, 3.8) is 0 Å². The van der Waals surface area contributed by atoms with E-state index in [1.54, 1.807) is 35.2 Å². The van der Waals surface area contributed by atoms with Crippen LogP contribution in [0.5, 0.6) is 0 Å². The van der Waals surface area contributed by atoms with Crippen molar-refractivity contribution in [2.75, 3.05) is 13.1 Å². The van der Waals surface area contributed by atoms with Crippen LogP contribution in [0.3, 0.4) is 0 Å². The molecule has 1 aliphatic rings. The zero-order valence-corrected chi connectivity index (χ0v) is 16.0. The lowest BCUT2D eigenvalue weighted by atomic mass is 9.99. The SMILES string of the molecule is CC1CCN(C(=O)Cn2c(-c3nc(-c4ccccc4F)no3)cccc2=O)CC1. The van der Waals surface area contributed by atoms with Crippen LogP contribution in [0.15, 0.2) is 51.8 Å². The van der Waals surface area contributed by atoms with Crippen molar-refractivity contribution in [2.45, 2.75) is 26.3 Å². The van der Waals surface area contributed by atoms with E-state index in [0.717, 1.165) is 12.8 Å². The number of carbonyl (C=O) groups excluding carboxylic acids is 1. The maximum Gasteiger partial charge on any atom is 0.274 e. The molecule has 1 fully saturated rings. The highest BCUT2D eigenvalue weighted by atomic mass is 19.1. The topological polar surface area (TPSA) is 81.2 Å². The second kappa shape index (κ2) is 7.98. The Bertz CT molecular complexity index is 1080. The highest BCUT2D eigenvalue weighted by Gasteiger charge is 2.23. The first-order valence-electron chi connectivity index (χ1n) is 9.59. The van der Waals surface area contributed by atoms with Crippen LogP contribution in [0.25, 0.3) is 23.0 Å². The summed E-state index contributed by atoms with van der Waals surface area (Å²) in [5, 5.41) is 3.83. The van der Waals surface area contributed by atoms with Crippen molar-refractivity contribution < 1.29 is 13.7 Å². The number of amides is 1. The molecular weight excluding hydrogens is 375 g/mol. The summed E-state index contributed by atoms with van der Waals surface area (Å²) < 4.78 is 20.6. The normalized spacial score (nSPS) is 14.9. The number of hydrogen-bond donors (Lipinski definition) is 0. The first kappa shape index (κ1) is 19.0. The quantitative estimate of drug-likeness (QED) is 0.677. The highest BCUT2D eigenvalue weighted by Crippen LogP contribution is 2.24. The van der Waals surface area contributed by atoms with E-state index in [1.165, 1.54) is 16.7 Å². The Balaban J connectivity index is 1.63. The van der Waals surface area contributed by atoms with Gasteiger partial charge in [-0.05, 0) is 37.0 Å². The van der Waals surface area contributed by atoms with Gasteiger partial charge in [-0.15, -0.1) is 0 Å². The van der Waals surface area contributed by atoms with E-state index in [2.05, 4.69) is 17.1 Å². The van der Waals surface area contributed by atoms with E-state index >= 15 is 0 Å². The molecule has 1 saturated heterocycles. The minimum absolute atomic E-state index is 0.0565. The smallest absolute Gasteiger partial charge is 0.274 e. The van der Waals surface area contributed by atoms with Gasteiger partial charge in [-0.3, -0.25) is 14.2 Å². The largest absolute Gasteiger partial charge is 0.341 e. The zero-order chi connectivity index (χ0) is 20.4. The van der Waals surface area contributed by atoms with E-state index in [9.17, 15) is 14.0 Å². The van der Waals surface area contributed by atoms with E-state index in [0.29, 0.717) is 24.7 Å². The molecule has 0 bridgehead atoms. The second-order valence-corrected chi connectivity index (χ2v) is 7.30. The molecule has 0 spiro atoms. The van der Waals surface area contributed by atoms with Gasteiger partial charge in [-0.25, -0.2) is 4.39 Å². The Morgan fingerprint density at radius 1 is 1.17 bits per heavy atom. The van der Waals surface area contributed by atoms with Gasteiger partial charge in [0.2, 0.25) is 11.7 Å². The number of nitrogens with zero attached hydrogens (tertiary/aromatic N) is 4. The van der Waals surface area contributed by atoms with Crippen molar-refractivity contribution in [1.82, 2.24) is 19.6 Å². The molecule has 4 rings (SSSR count). The van der Waals surface area contributed by atoms with Crippen molar-refractivity contribution >= 4 is 5.91 Å². The van der Waals surface area contributed by atoms with Crippen LogP contribution in [-0.2, 0) is 11.3 Å². The van der Waals surface area contributed by atoms with Crippen LogP contribution in [0.2, 0.25) is 0 Å². The fourth-order valence-electron chi connectivity index (χ4n) is 3.44. The Hall–Kier alpha value is -3.29. The predicted octanol–water partition coefficient (Wildman–Crippen LogP) is 2.96. The number of halogens is 1. The van der Waals surface area contributed by atoms with Crippen molar-refractivity contribution in [3.8, 4) is 23.0 Å². The minimum Gasteiger partial charge on any atom is -0.341 e. The van der Waals surface area contributed by atoms with Crippen LogP contribution in [0.4, 0.5) is 4.39 Å². The zero-order valence-electron chi connectivity index (χ0n) is 16.0. The Kier molecular flexibility index (Phi) is 5.24. The van der Waals surface area contributed by atoms with Gasteiger partial charge in [-0.1, -0.05) is 30.3 Å². The molecule has 150 valence electrons. The lowest BCUT2D eigenvalue weighted by Crippen LogP contribution is -2.41.